The molecule has 0 saturated heterocycles. The smallest absolute Gasteiger partial charge is 0.472 e. The standard InChI is InChI=1S/C45H86NO10P/c1-3-5-7-9-11-13-15-17-19-20-21-23-24-26-28-30-32-34-36-43(47)53-38-41(39-54-57(51,52)55-40-42(46)45(49)50)56-44(48)37-35-33-31-29-27-25-22-18-16-14-12-10-8-6-4-2/h25,27,41-42H,3-24,26,28-40,46H2,1-2H3,(H,49,50)(H,51,52)/b27-25+/t41-,42+/m1/s1. The first-order valence-corrected chi connectivity index (χ1v) is 24.7. The Kier molecular flexibility index (Phi) is 39.7. The molecule has 0 aromatic heterocycles. The first kappa shape index (κ1) is 55.2. The van der Waals surface area contributed by atoms with Crippen LogP contribution in [0.2, 0.25) is 0 Å². The van der Waals surface area contributed by atoms with Crippen molar-refractivity contribution in [3.63, 3.8) is 0 Å². The van der Waals surface area contributed by atoms with E-state index in [1.165, 1.54) is 141 Å². The van der Waals surface area contributed by atoms with E-state index in [-0.39, 0.29) is 19.4 Å². The normalized spacial score (nSPS) is 13.8. The lowest BCUT2D eigenvalue weighted by molar-refractivity contribution is -0.161. The number of hydrogen-bond acceptors (Lipinski definition) is 9. The van der Waals surface area contributed by atoms with Crippen LogP contribution in [0.4, 0.5) is 0 Å². The second-order valence-corrected chi connectivity index (χ2v) is 17.3. The molecule has 0 rings (SSSR count). The highest BCUT2D eigenvalue weighted by Crippen LogP contribution is 2.43. The highest BCUT2D eigenvalue weighted by atomic mass is 31.2. The average Bonchev–Trinajstić information content (AvgIpc) is 3.19. The molecule has 1 unspecified atom stereocenters. The molecule has 0 aliphatic rings. The van der Waals surface area contributed by atoms with Gasteiger partial charge in [0.25, 0.3) is 0 Å². The molecular weight excluding hydrogens is 745 g/mol. The van der Waals surface area contributed by atoms with Gasteiger partial charge in [0.1, 0.15) is 12.6 Å². The number of carboxylic acid groups (broad SMARTS) is 1. The summed E-state index contributed by atoms with van der Waals surface area (Å²) in [5, 5.41) is 8.89. The van der Waals surface area contributed by atoms with Crippen LogP contribution in [0.25, 0.3) is 0 Å². The summed E-state index contributed by atoms with van der Waals surface area (Å²) in [6.07, 6.45) is 41.3. The van der Waals surface area contributed by atoms with Crippen molar-refractivity contribution < 1.29 is 47.5 Å². The molecule has 0 spiro atoms. The van der Waals surface area contributed by atoms with Crippen LogP contribution in [-0.4, -0.2) is 59.9 Å². The zero-order chi connectivity index (χ0) is 42.1. The molecule has 0 amide bonds. The van der Waals surface area contributed by atoms with Crippen molar-refractivity contribution in [2.45, 2.75) is 238 Å². The molecular formula is C45H86NO10P. The second kappa shape index (κ2) is 41.0. The first-order chi connectivity index (χ1) is 27.6. The van der Waals surface area contributed by atoms with Crippen LogP contribution in [0.15, 0.2) is 12.2 Å². The van der Waals surface area contributed by atoms with Crippen molar-refractivity contribution in [1.82, 2.24) is 0 Å². The Morgan fingerprint density at radius 2 is 0.877 bits per heavy atom. The minimum absolute atomic E-state index is 0.145. The number of allylic oxidation sites excluding steroid dienone is 2. The number of rotatable bonds is 44. The number of aliphatic carboxylic acids is 1. The summed E-state index contributed by atoms with van der Waals surface area (Å²) in [5.74, 6) is -2.38. The van der Waals surface area contributed by atoms with Gasteiger partial charge >= 0.3 is 25.7 Å². The molecule has 4 N–H and O–H groups in total. The van der Waals surface area contributed by atoms with E-state index in [0.29, 0.717) is 12.8 Å². The Balaban J connectivity index is 4.29. The summed E-state index contributed by atoms with van der Waals surface area (Å²) < 4.78 is 32.7. The van der Waals surface area contributed by atoms with Crippen molar-refractivity contribution in [3.05, 3.63) is 12.2 Å². The number of hydrogen-bond donors (Lipinski definition) is 3. The van der Waals surface area contributed by atoms with E-state index in [1.54, 1.807) is 0 Å². The molecule has 0 bridgehead atoms. The van der Waals surface area contributed by atoms with Gasteiger partial charge in [0.15, 0.2) is 6.10 Å². The summed E-state index contributed by atoms with van der Waals surface area (Å²) in [6, 6.07) is -1.52. The molecule has 0 aromatic rings. The van der Waals surface area contributed by atoms with Gasteiger partial charge in [-0.1, -0.05) is 187 Å². The number of ether oxygens (including phenoxy) is 2. The third kappa shape index (κ3) is 40.8. The molecule has 336 valence electrons. The van der Waals surface area contributed by atoms with E-state index in [0.717, 1.165) is 44.9 Å². The van der Waals surface area contributed by atoms with Gasteiger partial charge in [0, 0.05) is 12.8 Å². The first-order valence-electron chi connectivity index (χ1n) is 23.2. The maximum Gasteiger partial charge on any atom is 0.472 e. The lowest BCUT2D eigenvalue weighted by Crippen LogP contribution is -2.34. The maximum atomic E-state index is 12.6. The third-order valence-corrected chi connectivity index (χ3v) is 11.2. The maximum absolute atomic E-state index is 12.6. The quantitative estimate of drug-likeness (QED) is 0.0231. The minimum Gasteiger partial charge on any atom is -0.480 e. The summed E-state index contributed by atoms with van der Waals surface area (Å²) >= 11 is 0. The summed E-state index contributed by atoms with van der Waals surface area (Å²) in [7, 11) is -4.72. The number of carbonyl (C=O) groups is 3. The van der Waals surface area contributed by atoms with Crippen LogP contribution < -0.4 is 5.73 Å². The van der Waals surface area contributed by atoms with Crippen LogP contribution in [0, 0.1) is 0 Å². The third-order valence-electron chi connectivity index (χ3n) is 10.3. The highest BCUT2D eigenvalue weighted by Gasteiger charge is 2.28. The molecule has 0 fully saturated rings. The molecule has 12 heteroatoms. The number of carboxylic acids is 1. The van der Waals surface area contributed by atoms with Crippen LogP contribution in [-0.2, 0) is 37.5 Å². The molecule has 0 radical (unpaired) electrons. The van der Waals surface area contributed by atoms with Crippen molar-refractivity contribution >= 4 is 25.7 Å². The number of nitrogens with two attached hydrogens (primary N) is 1. The fourth-order valence-electron chi connectivity index (χ4n) is 6.59. The van der Waals surface area contributed by atoms with Gasteiger partial charge in [-0.05, 0) is 38.5 Å². The summed E-state index contributed by atoms with van der Waals surface area (Å²) in [4.78, 5) is 46.0. The largest absolute Gasteiger partial charge is 0.480 e. The van der Waals surface area contributed by atoms with Crippen molar-refractivity contribution in [2.75, 3.05) is 19.8 Å². The highest BCUT2D eigenvalue weighted by molar-refractivity contribution is 7.47. The topological polar surface area (TPSA) is 172 Å². The predicted octanol–water partition coefficient (Wildman–Crippen LogP) is 12.5. The molecule has 0 heterocycles. The molecule has 0 saturated carbocycles. The van der Waals surface area contributed by atoms with Crippen molar-refractivity contribution in [2.24, 2.45) is 5.73 Å². The number of carbonyl (C=O) groups excluding carboxylic acids is 2. The van der Waals surface area contributed by atoms with Crippen molar-refractivity contribution in [1.29, 1.82) is 0 Å². The Hall–Kier alpha value is -1.78. The van der Waals surface area contributed by atoms with Gasteiger partial charge in [0.05, 0.1) is 13.2 Å². The summed E-state index contributed by atoms with van der Waals surface area (Å²) in [5.41, 5.74) is 5.34. The number of phosphoric acid groups is 1. The number of esters is 2. The average molecular weight is 832 g/mol. The van der Waals surface area contributed by atoms with E-state index in [2.05, 4.69) is 30.5 Å². The lowest BCUT2D eigenvalue weighted by Gasteiger charge is -2.20. The van der Waals surface area contributed by atoms with Crippen LogP contribution in [0.3, 0.4) is 0 Å². The predicted molar refractivity (Wildman–Crippen MR) is 231 cm³/mol. The summed E-state index contributed by atoms with van der Waals surface area (Å²) in [6.45, 7) is 2.82. The monoisotopic (exact) mass is 832 g/mol. The Morgan fingerprint density at radius 3 is 1.30 bits per heavy atom. The molecule has 0 aromatic carbocycles. The van der Waals surface area contributed by atoms with Gasteiger partial charge in [-0.3, -0.25) is 23.4 Å². The zero-order valence-electron chi connectivity index (χ0n) is 36.5. The van der Waals surface area contributed by atoms with E-state index >= 15 is 0 Å². The van der Waals surface area contributed by atoms with Gasteiger partial charge in [0.2, 0.25) is 0 Å². The van der Waals surface area contributed by atoms with Gasteiger partial charge in [-0.25, -0.2) is 4.57 Å². The fourth-order valence-corrected chi connectivity index (χ4v) is 7.37. The van der Waals surface area contributed by atoms with E-state index in [4.69, 9.17) is 24.8 Å². The SMILES string of the molecule is CCCCCCCCCC/C=C/CCCCCC(=O)O[C@H](COC(=O)CCCCCCCCCCCCCCCCCCCC)COP(=O)(O)OC[C@H](N)C(=O)O. The zero-order valence-corrected chi connectivity index (χ0v) is 37.3. The van der Waals surface area contributed by atoms with Crippen molar-refractivity contribution in [3.8, 4) is 0 Å². The minimum atomic E-state index is -4.72. The number of unbranched alkanes of at least 4 members (excludes halogenated alkanes) is 28. The fraction of sp³-hybridized carbons (Fsp3) is 0.889. The van der Waals surface area contributed by atoms with Crippen LogP contribution >= 0.6 is 7.82 Å². The van der Waals surface area contributed by atoms with Crippen LogP contribution in [0.5, 0.6) is 0 Å². The Labute approximate surface area is 348 Å². The van der Waals surface area contributed by atoms with E-state index in [1.807, 2.05) is 0 Å². The van der Waals surface area contributed by atoms with Gasteiger partial charge in [-0.2, -0.15) is 0 Å². The van der Waals surface area contributed by atoms with E-state index < -0.39 is 51.1 Å². The van der Waals surface area contributed by atoms with E-state index in [9.17, 15) is 23.8 Å². The van der Waals surface area contributed by atoms with Gasteiger partial charge < -0.3 is 25.2 Å². The molecule has 11 nitrogen and oxygen atoms in total. The lowest BCUT2D eigenvalue weighted by atomic mass is 10.0. The van der Waals surface area contributed by atoms with Crippen LogP contribution in [0.1, 0.15) is 226 Å². The Morgan fingerprint density at radius 1 is 0.526 bits per heavy atom. The molecule has 57 heavy (non-hydrogen) atoms. The molecule has 0 aliphatic heterocycles. The second-order valence-electron chi connectivity index (χ2n) is 15.9. The number of phosphoric ester groups is 1. The molecule has 0 aliphatic carbocycles. The van der Waals surface area contributed by atoms with Gasteiger partial charge in [-0.15, -0.1) is 0 Å². The Bertz CT molecular complexity index is 1030. The molecule has 3 atom stereocenters.